The lowest BCUT2D eigenvalue weighted by Gasteiger charge is -2.13. The lowest BCUT2D eigenvalue weighted by Crippen LogP contribution is -2.11. The zero-order valence-corrected chi connectivity index (χ0v) is 9.17. The molecule has 0 bridgehead atoms. The van der Waals surface area contributed by atoms with Crippen LogP contribution < -0.4 is 5.73 Å². The van der Waals surface area contributed by atoms with Crippen LogP contribution in [0.4, 0.5) is 27.8 Å². The summed E-state index contributed by atoms with van der Waals surface area (Å²) in [7, 11) is 0. The number of nitrogens with zero attached hydrogens (tertiary/aromatic N) is 2. The monoisotopic (exact) mass is 275 g/mol. The van der Waals surface area contributed by atoms with Crippen molar-refractivity contribution in [3.05, 3.63) is 41.9 Å². The third-order valence-corrected chi connectivity index (χ3v) is 2.34. The fraction of sp³-hybridized carbons (Fsp3) is 0.0909. The number of aromatic nitrogens is 2. The minimum absolute atomic E-state index is 0.195. The highest BCUT2D eigenvalue weighted by Gasteiger charge is 2.38. The first-order valence-electron chi connectivity index (χ1n) is 4.94. The Kier molecular flexibility index (Phi) is 3.09. The smallest absolute Gasteiger partial charge is 0.384 e. The van der Waals surface area contributed by atoms with Crippen molar-refractivity contribution < 1.29 is 22.0 Å². The van der Waals surface area contributed by atoms with Gasteiger partial charge in [0.05, 0.1) is 6.20 Å². The van der Waals surface area contributed by atoms with E-state index >= 15 is 0 Å². The first-order chi connectivity index (χ1) is 8.80. The van der Waals surface area contributed by atoms with Crippen molar-refractivity contribution in [3.8, 4) is 11.1 Å². The molecule has 2 heterocycles. The summed E-state index contributed by atoms with van der Waals surface area (Å²) in [5, 5.41) is 0. The molecule has 0 saturated heterocycles. The molecule has 2 aromatic rings. The lowest BCUT2D eigenvalue weighted by molar-refractivity contribution is -0.139. The highest BCUT2D eigenvalue weighted by atomic mass is 19.4. The van der Waals surface area contributed by atoms with Gasteiger partial charge in [0, 0.05) is 17.3 Å². The number of hydrogen-bond acceptors (Lipinski definition) is 3. The fourth-order valence-corrected chi connectivity index (χ4v) is 1.58. The normalized spacial score (nSPS) is 11.6. The largest absolute Gasteiger partial charge is 0.419 e. The van der Waals surface area contributed by atoms with Crippen molar-refractivity contribution in [3.63, 3.8) is 0 Å². The minimum Gasteiger partial charge on any atom is -0.384 e. The molecule has 0 aliphatic rings. The van der Waals surface area contributed by atoms with E-state index in [0.29, 0.717) is 6.20 Å². The van der Waals surface area contributed by atoms with Crippen LogP contribution in [0.25, 0.3) is 11.1 Å². The molecule has 0 aromatic carbocycles. The number of hydrogen-bond donors (Lipinski definition) is 1. The molecule has 0 atom stereocenters. The van der Waals surface area contributed by atoms with Gasteiger partial charge in [0.15, 0.2) is 5.82 Å². The Bertz CT molecular complexity index is 624. The van der Waals surface area contributed by atoms with E-state index in [9.17, 15) is 22.0 Å². The number of pyridine rings is 2. The van der Waals surface area contributed by atoms with E-state index in [0.717, 1.165) is 18.3 Å². The van der Waals surface area contributed by atoms with Gasteiger partial charge in [0.25, 0.3) is 0 Å². The van der Waals surface area contributed by atoms with Gasteiger partial charge < -0.3 is 5.73 Å². The Morgan fingerprint density at radius 2 is 1.68 bits per heavy atom. The van der Waals surface area contributed by atoms with Gasteiger partial charge in [-0.15, -0.1) is 0 Å². The van der Waals surface area contributed by atoms with Gasteiger partial charge in [0.1, 0.15) is 11.4 Å². The van der Waals surface area contributed by atoms with Crippen molar-refractivity contribution in [1.29, 1.82) is 0 Å². The molecule has 2 rings (SSSR count). The molecule has 0 unspecified atom stereocenters. The highest BCUT2D eigenvalue weighted by Crippen LogP contribution is 2.38. The maximum atomic E-state index is 13.5. The summed E-state index contributed by atoms with van der Waals surface area (Å²) < 4.78 is 65.1. The second-order valence-electron chi connectivity index (χ2n) is 3.62. The summed E-state index contributed by atoms with van der Waals surface area (Å²) in [5.74, 6) is -3.00. The highest BCUT2D eigenvalue weighted by molar-refractivity contribution is 5.67. The zero-order chi connectivity index (χ0) is 14.2. The molecule has 3 nitrogen and oxygen atoms in total. The van der Waals surface area contributed by atoms with Crippen LogP contribution in [0.15, 0.2) is 24.5 Å². The third kappa shape index (κ3) is 2.47. The topological polar surface area (TPSA) is 51.8 Å². The first kappa shape index (κ1) is 13.2. The zero-order valence-electron chi connectivity index (χ0n) is 9.17. The van der Waals surface area contributed by atoms with E-state index in [2.05, 4.69) is 9.97 Å². The average Bonchev–Trinajstić information content (AvgIpc) is 2.26. The Morgan fingerprint density at radius 3 is 2.26 bits per heavy atom. The maximum Gasteiger partial charge on any atom is 0.419 e. The number of alkyl halides is 3. The summed E-state index contributed by atoms with van der Waals surface area (Å²) in [6.45, 7) is 0. The fourth-order valence-electron chi connectivity index (χ4n) is 1.58. The molecular weight excluding hydrogens is 269 g/mol. The third-order valence-electron chi connectivity index (χ3n) is 2.34. The van der Waals surface area contributed by atoms with E-state index < -0.39 is 34.6 Å². The molecule has 0 saturated carbocycles. The van der Waals surface area contributed by atoms with Crippen LogP contribution in [-0.4, -0.2) is 9.97 Å². The number of halogens is 5. The van der Waals surface area contributed by atoms with Crippen LogP contribution in [0, 0.1) is 11.8 Å². The van der Waals surface area contributed by atoms with Crippen molar-refractivity contribution in [2.24, 2.45) is 0 Å². The first-order valence-corrected chi connectivity index (χ1v) is 4.94. The second-order valence-corrected chi connectivity index (χ2v) is 3.62. The summed E-state index contributed by atoms with van der Waals surface area (Å²) in [4.78, 5) is 6.49. The number of nitrogen functional groups attached to an aromatic ring is 1. The summed E-state index contributed by atoms with van der Waals surface area (Å²) in [5.41, 5.74) is 2.36. The van der Waals surface area contributed by atoms with Crippen molar-refractivity contribution in [1.82, 2.24) is 9.97 Å². The molecule has 0 aliphatic heterocycles. The van der Waals surface area contributed by atoms with Gasteiger partial charge in [-0.3, -0.25) is 4.98 Å². The standard InChI is InChI=1S/C11H6F5N3/c12-7-4-18-3-6(9(7)11(14,15)16)5-1-2-8(17)19-10(5)13/h1-4H,(H2,17,19). The summed E-state index contributed by atoms with van der Waals surface area (Å²) in [6, 6.07) is 2.10. The van der Waals surface area contributed by atoms with Crippen LogP contribution in [0.3, 0.4) is 0 Å². The van der Waals surface area contributed by atoms with Crippen LogP contribution in [-0.2, 0) is 6.18 Å². The molecule has 0 spiro atoms. The van der Waals surface area contributed by atoms with Gasteiger partial charge in [0.2, 0.25) is 5.95 Å². The van der Waals surface area contributed by atoms with E-state index in [4.69, 9.17) is 5.73 Å². The molecule has 0 amide bonds. The molecule has 0 radical (unpaired) electrons. The Labute approximate surface area is 103 Å². The van der Waals surface area contributed by atoms with Crippen LogP contribution in [0.5, 0.6) is 0 Å². The van der Waals surface area contributed by atoms with Gasteiger partial charge in [-0.05, 0) is 12.1 Å². The van der Waals surface area contributed by atoms with Gasteiger partial charge in [-0.2, -0.15) is 17.6 Å². The molecule has 2 N–H and O–H groups in total. The Hall–Kier alpha value is -2.25. The summed E-state index contributed by atoms with van der Waals surface area (Å²) in [6.07, 6.45) is -3.84. The van der Waals surface area contributed by atoms with Gasteiger partial charge >= 0.3 is 6.18 Å². The Morgan fingerprint density at radius 1 is 1.00 bits per heavy atom. The van der Waals surface area contributed by atoms with Crippen molar-refractivity contribution >= 4 is 5.82 Å². The van der Waals surface area contributed by atoms with E-state index in [1.807, 2.05) is 0 Å². The molecule has 100 valence electrons. The quantitative estimate of drug-likeness (QED) is 0.643. The average molecular weight is 275 g/mol. The van der Waals surface area contributed by atoms with E-state index in [1.165, 1.54) is 0 Å². The summed E-state index contributed by atoms with van der Waals surface area (Å²) >= 11 is 0. The van der Waals surface area contributed by atoms with Gasteiger partial charge in [-0.25, -0.2) is 9.37 Å². The van der Waals surface area contributed by atoms with Gasteiger partial charge in [-0.1, -0.05) is 0 Å². The molecule has 19 heavy (non-hydrogen) atoms. The van der Waals surface area contributed by atoms with E-state index in [1.54, 1.807) is 0 Å². The lowest BCUT2D eigenvalue weighted by atomic mass is 10.0. The predicted molar refractivity (Wildman–Crippen MR) is 56.8 cm³/mol. The van der Waals surface area contributed by atoms with Crippen LogP contribution in [0.2, 0.25) is 0 Å². The van der Waals surface area contributed by atoms with Crippen LogP contribution in [0.1, 0.15) is 5.56 Å². The maximum absolute atomic E-state index is 13.5. The van der Waals surface area contributed by atoms with E-state index in [-0.39, 0.29) is 5.82 Å². The number of rotatable bonds is 1. The SMILES string of the molecule is Nc1ccc(-c2cncc(F)c2C(F)(F)F)c(F)n1. The van der Waals surface area contributed by atoms with Crippen molar-refractivity contribution in [2.75, 3.05) is 5.73 Å². The Balaban J connectivity index is 2.73. The minimum atomic E-state index is -4.98. The number of anilines is 1. The van der Waals surface area contributed by atoms with Crippen molar-refractivity contribution in [2.45, 2.75) is 6.18 Å². The van der Waals surface area contributed by atoms with Crippen LogP contribution >= 0.6 is 0 Å². The number of nitrogens with two attached hydrogens (primary N) is 1. The molecule has 0 fully saturated rings. The molecular formula is C11H6F5N3. The molecule has 2 aromatic heterocycles. The molecule has 0 aliphatic carbocycles. The second kappa shape index (κ2) is 4.45. The predicted octanol–water partition coefficient (Wildman–Crippen LogP) is 3.02. The molecule has 8 heteroatoms.